The zero-order chi connectivity index (χ0) is 20.1. The van der Waals surface area contributed by atoms with E-state index in [2.05, 4.69) is 37.9 Å². The first kappa shape index (κ1) is 20.0. The minimum Gasteiger partial charge on any atom is -0.450 e. The Hall–Kier alpha value is -2.70. The zero-order valence-corrected chi connectivity index (χ0v) is 17.3. The SMILES string of the molecule is CCOC(=O)N1CCN(c2ncnc(Nc3ccc(I)cc3)c2[N+](=O)[O-])CC1. The largest absolute Gasteiger partial charge is 0.450 e. The Morgan fingerprint density at radius 3 is 2.54 bits per heavy atom. The van der Waals surface area contributed by atoms with Gasteiger partial charge in [-0.25, -0.2) is 14.8 Å². The van der Waals surface area contributed by atoms with Crippen LogP contribution in [0.5, 0.6) is 0 Å². The number of halogens is 1. The highest BCUT2D eigenvalue weighted by Crippen LogP contribution is 2.34. The average Bonchev–Trinajstić information content (AvgIpc) is 2.69. The molecule has 1 aliphatic heterocycles. The van der Waals surface area contributed by atoms with Crippen molar-refractivity contribution in [2.75, 3.05) is 43.0 Å². The molecule has 148 valence electrons. The highest BCUT2D eigenvalue weighted by atomic mass is 127. The van der Waals surface area contributed by atoms with E-state index in [4.69, 9.17) is 4.74 Å². The molecule has 1 amide bonds. The number of aromatic nitrogens is 2. The first-order valence-electron chi connectivity index (χ1n) is 8.68. The molecule has 1 aliphatic rings. The van der Waals surface area contributed by atoms with Gasteiger partial charge in [-0.3, -0.25) is 10.1 Å². The second-order valence-corrected chi connectivity index (χ2v) is 7.20. The fraction of sp³-hybridized carbons (Fsp3) is 0.353. The van der Waals surface area contributed by atoms with Crippen LogP contribution in [-0.4, -0.2) is 58.7 Å². The fourth-order valence-electron chi connectivity index (χ4n) is 2.85. The number of piperazine rings is 1. The van der Waals surface area contributed by atoms with Crippen LogP contribution in [0.4, 0.5) is 27.8 Å². The second-order valence-electron chi connectivity index (χ2n) is 5.96. The Bertz CT molecular complexity index is 855. The summed E-state index contributed by atoms with van der Waals surface area (Å²) in [5, 5.41) is 14.8. The van der Waals surface area contributed by atoms with Crippen LogP contribution in [0.1, 0.15) is 6.92 Å². The predicted octanol–water partition coefficient (Wildman–Crippen LogP) is 3.01. The molecule has 3 rings (SSSR count). The molecule has 0 radical (unpaired) electrons. The van der Waals surface area contributed by atoms with Crippen LogP contribution < -0.4 is 10.2 Å². The third-order valence-electron chi connectivity index (χ3n) is 4.20. The number of hydrogen-bond acceptors (Lipinski definition) is 8. The zero-order valence-electron chi connectivity index (χ0n) is 15.2. The monoisotopic (exact) mass is 498 g/mol. The van der Waals surface area contributed by atoms with Crippen molar-refractivity contribution < 1.29 is 14.5 Å². The minimum absolute atomic E-state index is 0.129. The molecular formula is C17H19IN6O4. The van der Waals surface area contributed by atoms with Gasteiger partial charge in [-0.05, 0) is 53.8 Å². The van der Waals surface area contributed by atoms with Crippen molar-refractivity contribution in [3.8, 4) is 0 Å². The number of nitrogens with zero attached hydrogens (tertiary/aromatic N) is 5. The first-order chi connectivity index (χ1) is 13.5. The number of carbonyl (C=O) groups excluding carboxylic acids is 1. The number of nitrogens with one attached hydrogen (secondary N) is 1. The van der Waals surface area contributed by atoms with Crippen molar-refractivity contribution in [3.63, 3.8) is 0 Å². The highest BCUT2D eigenvalue weighted by molar-refractivity contribution is 14.1. The summed E-state index contributed by atoms with van der Waals surface area (Å²) >= 11 is 2.19. The molecule has 0 saturated carbocycles. The van der Waals surface area contributed by atoms with Gasteiger partial charge in [-0.2, -0.15) is 0 Å². The standard InChI is InChI=1S/C17H19IN6O4/c1-2-28-17(25)23-9-7-22(8-10-23)16-14(24(26)27)15(19-11-20-16)21-13-5-3-12(18)4-6-13/h3-6,11H,2,7-10H2,1H3,(H,19,20,21). The lowest BCUT2D eigenvalue weighted by molar-refractivity contribution is -0.383. The fourth-order valence-corrected chi connectivity index (χ4v) is 3.21. The van der Waals surface area contributed by atoms with Gasteiger partial charge in [0.1, 0.15) is 6.33 Å². The molecule has 1 saturated heterocycles. The third kappa shape index (κ3) is 4.58. The summed E-state index contributed by atoms with van der Waals surface area (Å²) in [7, 11) is 0. The van der Waals surface area contributed by atoms with Crippen LogP contribution in [0, 0.1) is 13.7 Å². The number of nitro groups is 1. The van der Waals surface area contributed by atoms with Gasteiger partial charge in [0.05, 0.1) is 11.5 Å². The number of ether oxygens (including phenoxy) is 1. The van der Waals surface area contributed by atoms with E-state index in [1.54, 1.807) is 16.7 Å². The summed E-state index contributed by atoms with van der Waals surface area (Å²) in [6, 6.07) is 7.44. The molecule has 0 unspecified atom stereocenters. The van der Waals surface area contributed by atoms with Gasteiger partial charge >= 0.3 is 11.8 Å². The van der Waals surface area contributed by atoms with Crippen LogP contribution in [0.15, 0.2) is 30.6 Å². The lowest BCUT2D eigenvalue weighted by atomic mass is 10.3. The number of hydrogen-bond donors (Lipinski definition) is 1. The normalized spacial score (nSPS) is 13.9. The summed E-state index contributed by atoms with van der Waals surface area (Å²) < 4.78 is 6.06. The molecule has 0 spiro atoms. The van der Waals surface area contributed by atoms with Crippen LogP contribution in [0.25, 0.3) is 0 Å². The molecule has 0 bridgehead atoms. The molecule has 1 N–H and O–H groups in total. The van der Waals surface area contributed by atoms with Gasteiger partial charge in [0.25, 0.3) is 0 Å². The van der Waals surface area contributed by atoms with Crippen molar-refractivity contribution in [1.29, 1.82) is 0 Å². The van der Waals surface area contributed by atoms with E-state index in [0.717, 1.165) is 3.57 Å². The van der Waals surface area contributed by atoms with Crippen molar-refractivity contribution in [3.05, 3.63) is 44.3 Å². The molecule has 2 heterocycles. The molecular weight excluding hydrogens is 479 g/mol. The highest BCUT2D eigenvalue weighted by Gasteiger charge is 2.30. The Labute approximate surface area is 175 Å². The maximum absolute atomic E-state index is 11.8. The van der Waals surface area contributed by atoms with Gasteiger partial charge in [-0.1, -0.05) is 0 Å². The smallest absolute Gasteiger partial charge is 0.409 e. The summed E-state index contributed by atoms with van der Waals surface area (Å²) in [5.74, 6) is 0.362. The molecule has 0 aliphatic carbocycles. The molecule has 11 heteroatoms. The van der Waals surface area contributed by atoms with Crippen LogP contribution in [0.3, 0.4) is 0 Å². The molecule has 2 aromatic rings. The van der Waals surface area contributed by atoms with Crippen molar-refractivity contribution in [1.82, 2.24) is 14.9 Å². The van der Waals surface area contributed by atoms with E-state index in [-0.39, 0.29) is 23.4 Å². The Kier molecular flexibility index (Phi) is 6.44. The third-order valence-corrected chi connectivity index (χ3v) is 4.92. The molecule has 1 fully saturated rings. The molecule has 1 aromatic heterocycles. The number of carbonyl (C=O) groups is 1. The van der Waals surface area contributed by atoms with E-state index in [1.807, 2.05) is 24.3 Å². The van der Waals surface area contributed by atoms with Gasteiger partial charge in [0, 0.05) is 35.4 Å². The van der Waals surface area contributed by atoms with E-state index in [1.165, 1.54) is 6.33 Å². The van der Waals surface area contributed by atoms with Gasteiger partial charge in [0.2, 0.25) is 11.6 Å². The lowest BCUT2D eigenvalue weighted by Gasteiger charge is -2.34. The Morgan fingerprint density at radius 2 is 1.93 bits per heavy atom. The number of rotatable bonds is 5. The first-order valence-corrected chi connectivity index (χ1v) is 9.76. The number of anilines is 3. The maximum Gasteiger partial charge on any atom is 0.409 e. The predicted molar refractivity (Wildman–Crippen MR) is 112 cm³/mol. The second kappa shape index (κ2) is 8.99. The maximum atomic E-state index is 11.8. The summed E-state index contributed by atoms with van der Waals surface area (Å²) in [5.41, 5.74) is 0.505. The van der Waals surface area contributed by atoms with Crippen molar-refractivity contribution in [2.45, 2.75) is 6.92 Å². The lowest BCUT2D eigenvalue weighted by Crippen LogP contribution is -2.49. The Balaban J connectivity index is 1.81. The van der Waals surface area contributed by atoms with E-state index >= 15 is 0 Å². The number of amides is 1. The van der Waals surface area contributed by atoms with Crippen molar-refractivity contribution in [2.24, 2.45) is 0 Å². The quantitative estimate of drug-likeness (QED) is 0.380. The molecule has 1 aromatic carbocycles. The molecule has 10 nitrogen and oxygen atoms in total. The molecule has 28 heavy (non-hydrogen) atoms. The molecule has 0 atom stereocenters. The Morgan fingerprint density at radius 1 is 1.25 bits per heavy atom. The van der Waals surface area contributed by atoms with Crippen molar-refractivity contribution >= 4 is 51.7 Å². The van der Waals surface area contributed by atoms with E-state index in [9.17, 15) is 14.9 Å². The van der Waals surface area contributed by atoms with E-state index < -0.39 is 4.92 Å². The van der Waals surface area contributed by atoms with E-state index in [0.29, 0.717) is 38.5 Å². The summed E-state index contributed by atoms with van der Waals surface area (Å²) in [6.45, 7) is 3.70. The van der Waals surface area contributed by atoms with Crippen LogP contribution in [0.2, 0.25) is 0 Å². The average molecular weight is 498 g/mol. The van der Waals surface area contributed by atoms with Gasteiger partial charge in [-0.15, -0.1) is 0 Å². The summed E-state index contributed by atoms with van der Waals surface area (Å²) in [4.78, 5) is 34.7. The van der Waals surface area contributed by atoms with Gasteiger partial charge < -0.3 is 19.9 Å². The topological polar surface area (TPSA) is 114 Å². The summed E-state index contributed by atoms with van der Waals surface area (Å²) in [6.07, 6.45) is 0.926. The van der Waals surface area contributed by atoms with Crippen LogP contribution in [-0.2, 0) is 4.74 Å². The van der Waals surface area contributed by atoms with Gasteiger partial charge in [0.15, 0.2) is 0 Å². The number of benzene rings is 1. The minimum atomic E-state index is -0.484. The van der Waals surface area contributed by atoms with Crippen LogP contribution >= 0.6 is 22.6 Å².